The summed E-state index contributed by atoms with van der Waals surface area (Å²) in [6, 6.07) is 0.524. The summed E-state index contributed by atoms with van der Waals surface area (Å²) in [6.45, 7) is 12.9. The van der Waals surface area contributed by atoms with Crippen LogP contribution < -0.4 is 5.32 Å². The number of hydrogen-bond acceptors (Lipinski definition) is 1. The van der Waals surface area contributed by atoms with Crippen LogP contribution in [0.3, 0.4) is 0 Å². The van der Waals surface area contributed by atoms with E-state index < -0.39 is 0 Å². The summed E-state index contributed by atoms with van der Waals surface area (Å²) >= 11 is 0. The van der Waals surface area contributed by atoms with Crippen LogP contribution in [-0.4, -0.2) is 11.9 Å². The van der Waals surface area contributed by atoms with Crippen molar-refractivity contribution in [1.29, 1.82) is 0 Å². The molecule has 1 N–H and O–H groups in total. The second kappa shape index (κ2) is 6.23. The number of rotatable bonds is 3. The van der Waals surface area contributed by atoms with Crippen LogP contribution in [0, 0.1) is 11.3 Å². The van der Waals surface area contributed by atoms with Crippen molar-refractivity contribution in [3.63, 3.8) is 0 Å². The Morgan fingerprint density at radius 3 is 2.29 bits per heavy atom. The van der Waals surface area contributed by atoms with Crippen LogP contribution in [0.1, 0.15) is 59.8 Å². The van der Waals surface area contributed by atoms with Gasteiger partial charge in [0.2, 0.25) is 0 Å². The lowest BCUT2D eigenvalue weighted by atomic mass is 9.71. The molecule has 1 aliphatic carbocycles. The van der Waals surface area contributed by atoms with E-state index >= 15 is 0 Å². The first kappa shape index (κ1) is 14.3. The molecule has 0 aromatic rings. The minimum atomic E-state index is 0.460. The minimum absolute atomic E-state index is 0.460. The predicted octanol–water partition coefficient (Wildman–Crippen LogP) is 4.13. The number of nitrogens with zero attached hydrogens (tertiary/aromatic N) is 1. The van der Waals surface area contributed by atoms with Crippen LogP contribution in [0.2, 0.25) is 0 Å². The molecule has 0 heterocycles. The second-order valence-corrected chi connectivity index (χ2v) is 6.15. The Balaban J connectivity index is 2.49. The monoisotopic (exact) mass is 236 g/mol. The number of hydrogen-bond donors (Lipinski definition) is 1. The van der Waals surface area contributed by atoms with E-state index in [1.165, 1.54) is 25.7 Å². The predicted molar refractivity (Wildman–Crippen MR) is 76.3 cm³/mol. The van der Waals surface area contributed by atoms with Crippen molar-refractivity contribution < 1.29 is 0 Å². The van der Waals surface area contributed by atoms with Crippen molar-refractivity contribution in [3.05, 3.63) is 12.8 Å². The van der Waals surface area contributed by atoms with E-state index in [0.717, 1.165) is 18.2 Å². The van der Waals surface area contributed by atoms with Crippen molar-refractivity contribution >= 4 is 5.84 Å². The first-order valence-corrected chi connectivity index (χ1v) is 6.91. The van der Waals surface area contributed by atoms with Crippen molar-refractivity contribution in [3.8, 4) is 0 Å². The third-order valence-corrected chi connectivity index (χ3v) is 3.86. The molecule has 0 spiro atoms. The van der Waals surface area contributed by atoms with Crippen LogP contribution in [0.4, 0.5) is 0 Å². The van der Waals surface area contributed by atoms with E-state index in [0.29, 0.717) is 11.5 Å². The molecule has 0 radical (unpaired) electrons. The van der Waals surface area contributed by atoms with Gasteiger partial charge in [0.1, 0.15) is 5.84 Å². The molecule has 1 saturated carbocycles. The quantitative estimate of drug-likeness (QED) is 0.578. The van der Waals surface area contributed by atoms with E-state index in [4.69, 9.17) is 4.99 Å². The van der Waals surface area contributed by atoms with Crippen LogP contribution in [0.5, 0.6) is 0 Å². The Kier molecular flexibility index (Phi) is 5.23. The van der Waals surface area contributed by atoms with Gasteiger partial charge >= 0.3 is 0 Å². The summed E-state index contributed by atoms with van der Waals surface area (Å²) in [5.74, 6) is 1.95. The van der Waals surface area contributed by atoms with E-state index in [1.54, 1.807) is 6.20 Å². The molecule has 0 amide bonds. The molecule has 0 bridgehead atoms. The Labute approximate surface area is 107 Å². The normalized spacial score (nSPS) is 26.7. The number of amidine groups is 1. The van der Waals surface area contributed by atoms with Gasteiger partial charge in [0, 0.05) is 6.42 Å². The third-order valence-electron chi connectivity index (χ3n) is 3.86. The van der Waals surface area contributed by atoms with Crippen molar-refractivity contribution in [2.75, 3.05) is 0 Å². The summed E-state index contributed by atoms with van der Waals surface area (Å²) in [4.78, 5) is 4.79. The van der Waals surface area contributed by atoms with E-state index in [1.807, 2.05) is 0 Å². The highest BCUT2D eigenvalue weighted by Crippen LogP contribution is 2.38. The Morgan fingerprint density at radius 1 is 1.29 bits per heavy atom. The molecule has 2 nitrogen and oxygen atoms in total. The molecule has 1 rings (SSSR count). The van der Waals surface area contributed by atoms with Crippen LogP contribution in [0.25, 0.3) is 0 Å². The van der Waals surface area contributed by atoms with Gasteiger partial charge in [-0.25, -0.2) is 0 Å². The van der Waals surface area contributed by atoms with Crippen LogP contribution >= 0.6 is 0 Å². The molecule has 0 unspecified atom stereocenters. The van der Waals surface area contributed by atoms with Crippen molar-refractivity contribution in [2.45, 2.75) is 65.8 Å². The van der Waals surface area contributed by atoms with Gasteiger partial charge in [0.05, 0.1) is 6.04 Å². The second-order valence-electron chi connectivity index (χ2n) is 6.15. The molecule has 0 atom stereocenters. The van der Waals surface area contributed by atoms with Crippen molar-refractivity contribution in [2.24, 2.45) is 16.3 Å². The van der Waals surface area contributed by atoms with Gasteiger partial charge in [0.15, 0.2) is 0 Å². The SMILES string of the molecule is C=CNC(CC)=NC1CCC(C(C)(C)C)CC1. The van der Waals surface area contributed by atoms with Crippen LogP contribution in [-0.2, 0) is 0 Å². The third kappa shape index (κ3) is 4.53. The van der Waals surface area contributed by atoms with Gasteiger partial charge in [0.25, 0.3) is 0 Å². The standard InChI is InChI=1S/C15H28N2/c1-6-14(16-7-2)17-13-10-8-12(9-11-13)15(3,4)5/h7,12-13H,2,6,8-11H2,1,3-5H3,(H,16,17). The lowest BCUT2D eigenvalue weighted by molar-refractivity contribution is 0.170. The topological polar surface area (TPSA) is 24.4 Å². The van der Waals surface area contributed by atoms with Gasteiger partial charge in [-0.15, -0.1) is 0 Å². The van der Waals surface area contributed by atoms with Gasteiger partial charge in [-0.2, -0.15) is 0 Å². The van der Waals surface area contributed by atoms with E-state index in [2.05, 4.69) is 39.6 Å². The fourth-order valence-corrected chi connectivity index (χ4v) is 2.64. The summed E-state index contributed by atoms with van der Waals surface area (Å²) in [7, 11) is 0. The summed E-state index contributed by atoms with van der Waals surface area (Å²) in [6.07, 6.45) is 7.81. The zero-order valence-corrected chi connectivity index (χ0v) is 11.9. The highest BCUT2D eigenvalue weighted by molar-refractivity contribution is 5.82. The van der Waals surface area contributed by atoms with E-state index in [-0.39, 0.29) is 0 Å². The summed E-state index contributed by atoms with van der Waals surface area (Å²) in [5.41, 5.74) is 0.460. The molecular weight excluding hydrogens is 208 g/mol. The molecular formula is C15H28N2. The molecule has 0 saturated heterocycles. The maximum absolute atomic E-state index is 4.79. The lowest BCUT2D eigenvalue weighted by Crippen LogP contribution is -2.28. The van der Waals surface area contributed by atoms with Crippen molar-refractivity contribution in [1.82, 2.24) is 5.32 Å². The molecule has 0 aliphatic heterocycles. The zero-order chi connectivity index (χ0) is 12.9. The number of aliphatic imine (C=N–C) groups is 1. The van der Waals surface area contributed by atoms with Gasteiger partial charge in [-0.05, 0) is 43.2 Å². The first-order chi connectivity index (χ1) is 7.97. The molecule has 1 aliphatic rings. The lowest BCUT2D eigenvalue weighted by Gasteiger charge is -2.36. The molecule has 0 aromatic carbocycles. The highest BCUT2D eigenvalue weighted by Gasteiger charge is 2.29. The van der Waals surface area contributed by atoms with E-state index in [9.17, 15) is 0 Å². The summed E-state index contributed by atoms with van der Waals surface area (Å²) in [5, 5.41) is 3.13. The average molecular weight is 236 g/mol. The van der Waals surface area contributed by atoms with Crippen LogP contribution in [0.15, 0.2) is 17.8 Å². The molecule has 98 valence electrons. The minimum Gasteiger partial charge on any atom is -0.351 e. The largest absolute Gasteiger partial charge is 0.351 e. The molecule has 17 heavy (non-hydrogen) atoms. The first-order valence-electron chi connectivity index (χ1n) is 6.91. The fraction of sp³-hybridized carbons (Fsp3) is 0.800. The van der Waals surface area contributed by atoms with Gasteiger partial charge in [-0.1, -0.05) is 34.3 Å². The Morgan fingerprint density at radius 2 is 1.88 bits per heavy atom. The Bertz CT molecular complexity index is 265. The van der Waals surface area contributed by atoms with Gasteiger partial charge in [-0.3, -0.25) is 4.99 Å². The summed E-state index contributed by atoms with van der Waals surface area (Å²) < 4.78 is 0. The average Bonchev–Trinajstić information content (AvgIpc) is 2.28. The molecule has 2 heteroatoms. The Hall–Kier alpha value is -0.790. The maximum Gasteiger partial charge on any atom is 0.100 e. The molecule has 0 aromatic heterocycles. The smallest absolute Gasteiger partial charge is 0.100 e. The highest BCUT2D eigenvalue weighted by atomic mass is 15.0. The number of nitrogens with one attached hydrogen (secondary N) is 1. The fourth-order valence-electron chi connectivity index (χ4n) is 2.64. The maximum atomic E-state index is 4.79. The zero-order valence-electron chi connectivity index (χ0n) is 11.9. The van der Waals surface area contributed by atoms with Gasteiger partial charge < -0.3 is 5.32 Å². The molecule has 1 fully saturated rings.